The molecule has 0 fully saturated rings. The third-order valence-electron chi connectivity index (χ3n) is 4.44. The molecule has 0 saturated heterocycles. The van der Waals surface area contributed by atoms with Gasteiger partial charge in [-0.05, 0) is 37.6 Å². The summed E-state index contributed by atoms with van der Waals surface area (Å²) >= 11 is 0. The number of hydrogen-bond donors (Lipinski definition) is 0. The van der Waals surface area contributed by atoms with Crippen LogP contribution in [0.2, 0.25) is 0 Å². The number of benzene rings is 3. The van der Waals surface area contributed by atoms with Crippen molar-refractivity contribution in [1.29, 1.82) is 0 Å². The van der Waals surface area contributed by atoms with Crippen molar-refractivity contribution in [3.05, 3.63) is 95.1 Å². The Morgan fingerprint density at radius 3 is 2.19 bits per heavy atom. The highest BCUT2D eigenvalue weighted by atomic mass is 32.2. The van der Waals surface area contributed by atoms with E-state index in [-0.39, 0.29) is 4.90 Å². The lowest BCUT2D eigenvalue weighted by atomic mass is 10.0. The van der Waals surface area contributed by atoms with Crippen molar-refractivity contribution in [3.63, 3.8) is 0 Å². The number of rotatable bonds is 3. The Bertz CT molecular complexity index is 1180. The van der Waals surface area contributed by atoms with E-state index in [9.17, 15) is 8.42 Å². The van der Waals surface area contributed by atoms with Crippen molar-refractivity contribution in [3.8, 4) is 0 Å². The monoisotopic (exact) mass is 374 g/mol. The molecule has 4 nitrogen and oxygen atoms in total. The summed E-state index contributed by atoms with van der Waals surface area (Å²) in [6.45, 7) is 3.90. The molecular weight excluding hydrogens is 356 g/mol. The van der Waals surface area contributed by atoms with Crippen molar-refractivity contribution in [2.24, 2.45) is 9.39 Å². The maximum atomic E-state index is 12.9. The molecule has 1 heterocycles. The maximum Gasteiger partial charge on any atom is 0.282 e. The first-order valence-electron chi connectivity index (χ1n) is 8.61. The zero-order chi connectivity index (χ0) is 19.0. The van der Waals surface area contributed by atoms with Crippen LogP contribution >= 0.6 is 0 Å². The molecule has 0 N–H and O–H groups in total. The van der Waals surface area contributed by atoms with Crippen molar-refractivity contribution >= 4 is 27.1 Å². The predicted molar refractivity (Wildman–Crippen MR) is 109 cm³/mol. The summed E-state index contributed by atoms with van der Waals surface area (Å²) in [5.74, 6) is 0. The first kappa shape index (κ1) is 17.4. The quantitative estimate of drug-likeness (QED) is 0.672. The molecule has 0 unspecified atom stereocenters. The minimum Gasteiger partial charge on any atom is -0.245 e. The van der Waals surface area contributed by atoms with E-state index in [4.69, 9.17) is 0 Å². The van der Waals surface area contributed by atoms with Gasteiger partial charge in [0, 0.05) is 11.1 Å². The number of aryl methyl sites for hydroxylation is 2. The standard InChI is InChI=1S/C22H18N2O2S/c1-15-8-11-18(12-9-15)27(25,26)24-22-19-13-10-16(2)14-20(19)23-21(22)17-6-4-3-5-7-17/h3-14H,1-2H3/b24-22+. The van der Waals surface area contributed by atoms with Crippen LogP contribution in [-0.4, -0.2) is 19.8 Å². The third-order valence-corrected chi connectivity index (χ3v) is 5.73. The lowest BCUT2D eigenvalue weighted by molar-refractivity contribution is 0.598. The number of sulfonamides is 1. The Hall–Kier alpha value is -3.05. The predicted octanol–water partition coefficient (Wildman–Crippen LogP) is 4.62. The summed E-state index contributed by atoms with van der Waals surface area (Å²) in [7, 11) is -3.85. The van der Waals surface area contributed by atoms with Gasteiger partial charge in [-0.1, -0.05) is 60.2 Å². The Morgan fingerprint density at radius 1 is 0.815 bits per heavy atom. The number of fused-ring (bicyclic) bond motifs is 1. The molecule has 0 radical (unpaired) electrons. The van der Waals surface area contributed by atoms with Gasteiger partial charge in [0.15, 0.2) is 0 Å². The minimum atomic E-state index is -3.85. The molecule has 0 atom stereocenters. The Kier molecular flexibility index (Phi) is 4.24. The molecule has 3 aromatic rings. The molecule has 0 spiro atoms. The van der Waals surface area contributed by atoms with Crippen molar-refractivity contribution in [2.45, 2.75) is 18.7 Å². The van der Waals surface area contributed by atoms with Crippen LogP contribution in [0.25, 0.3) is 0 Å². The maximum absolute atomic E-state index is 12.9. The van der Waals surface area contributed by atoms with Crippen LogP contribution < -0.4 is 0 Å². The zero-order valence-corrected chi connectivity index (χ0v) is 15.9. The van der Waals surface area contributed by atoms with Gasteiger partial charge in [-0.15, -0.1) is 0 Å². The van der Waals surface area contributed by atoms with Gasteiger partial charge in [0.05, 0.1) is 16.3 Å². The fourth-order valence-electron chi connectivity index (χ4n) is 3.01. The van der Waals surface area contributed by atoms with Crippen LogP contribution in [0.5, 0.6) is 0 Å². The molecule has 0 bridgehead atoms. The van der Waals surface area contributed by atoms with Gasteiger partial charge in [0.2, 0.25) is 0 Å². The van der Waals surface area contributed by atoms with Crippen LogP contribution in [0.15, 0.2) is 87.1 Å². The molecule has 4 rings (SSSR count). The van der Waals surface area contributed by atoms with Gasteiger partial charge in [-0.2, -0.15) is 12.8 Å². The van der Waals surface area contributed by atoms with E-state index in [1.54, 1.807) is 24.3 Å². The van der Waals surface area contributed by atoms with Crippen LogP contribution in [0, 0.1) is 13.8 Å². The smallest absolute Gasteiger partial charge is 0.245 e. The highest BCUT2D eigenvalue weighted by Gasteiger charge is 2.27. The van der Waals surface area contributed by atoms with E-state index in [1.807, 2.05) is 62.4 Å². The van der Waals surface area contributed by atoms with E-state index in [0.717, 1.165) is 27.9 Å². The second kappa shape index (κ2) is 6.59. The van der Waals surface area contributed by atoms with Gasteiger partial charge in [-0.3, -0.25) is 0 Å². The highest BCUT2D eigenvalue weighted by Crippen LogP contribution is 2.31. The number of hydrogen-bond acceptors (Lipinski definition) is 3. The molecule has 0 aromatic heterocycles. The molecule has 0 aliphatic carbocycles. The molecule has 1 aliphatic rings. The molecule has 5 heteroatoms. The summed E-state index contributed by atoms with van der Waals surface area (Å²) in [6, 6.07) is 22.0. The van der Waals surface area contributed by atoms with Gasteiger partial charge >= 0.3 is 0 Å². The van der Waals surface area contributed by atoms with Crippen molar-refractivity contribution in [2.75, 3.05) is 0 Å². The van der Waals surface area contributed by atoms with Crippen LogP contribution in [-0.2, 0) is 10.0 Å². The van der Waals surface area contributed by atoms with Crippen LogP contribution in [0.1, 0.15) is 22.3 Å². The van der Waals surface area contributed by atoms with Gasteiger partial charge < -0.3 is 0 Å². The van der Waals surface area contributed by atoms with E-state index in [0.29, 0.717) is 11.4 Å². The van der Waals surface area contributed by atoms with Gasteiger partial charge in [0.25, 0.3) is 10.0 Å². The van der Waals surface area contributed by atoms with Crippen molar-refractivity contribution in [1.82, 2.24) is 0 Å². The van der Waals surface area contributed by atoms with E-state index in [1.165, 1.54) is 0 Å². The molecule has 134 valence electrons. The molecule has 0 saturated carbocycles. The summed E-state index contributed by atoms with van der Waals surface area (Å²) in [6.07, 6.45) is 0. The third kappa shape index (κ3) is 3.34. The normalized spacial score (nSPS) is 14.9. The summed E-state index contributed by atoms with van der Waals surface area (Å²) in [5.41, 5.74) is 5.33. The first-order chi connectivity index (χ1) is 12.9. The minimum absolute atomic E-state index is 0.175. The SMILES string of the molecule is Cc1ccc(S(=O)(=O)/N=C2/C(c3ccccc3)=Nc3cc(C)ccc32)cc1. The summed E-state index contributed by atoms with van der Waals surface area (Å²) in [5, 5.41) is 0. The fourth-order valence-corrected chi connectivity index (χ4v) is 4.02. The molecule has 1 aliphatic heterocycles. The Balaban J connectivity index is 1.89. The highest BCUT2D eigenvalue weighted by molar-refractivity contribution is 7.90. The topological polar surface area (TPSA) is 58.9 Å². The summed E-state index contributed by atoms with van der Waals surface area (Å²) in [4.78, 5) is 4.85. The molecule has 3 aromatic carbocycles. The van der Waals surface area contributed by atoms with Crippen LogP contribution in [0.3, 0.4) is 0 Å². The van der Waals surface area contributed by atoms with Crippen LogP contribution in [0.4, 0.5) is 5.69 Å². The van der Waals surface area contributed by atoms with E-state index >= 15 is 0 Å². The largest absolute Gasteiger partial charge is 0.282 e. The summed E-state index contributed by atoms with van der Waals surface area (Å²) < 4.78 is 30.0. The molecular formula is C22H18N2O2S. The second-order valence-electron chi connectivity index (χ2n) is 6.58. The lowest BCUT2D eigenvalue weighted by Crippen LogP contribution is -2.15. The van der Waals surface area contributed by atoms with Gasteiger partial charge in [-0.25, -0.2) is 4.99 Å². The average Bonchev–Trinajstić information content (AvgIpc) is 2.99. The fraction of sp³-hybridized carbons (Fsp3) is 0.0909. The van der Waals surface area contributed by atoms with Gasteiger partial charge in [0.1, 0.15) is 5.71 Å². The molecule has 27 heavy (non-hydrogen) atoms. The lowest BCUT2D eigenvalue weighted by Gasteiger charge is -2.06. The number of aliphatic imine (C=N–C) groups is 1. The average molecular weight is 374 g/mol. The second-order valence-corrected chi connectivity index (χ2v) is 8.18. The Morgan fingerprint density at radius 2 is 1.48 bits per heavy atom. The molecule has 0 amide bonds. The first-order valence-corrected chi connectivity index (χ1v) is 10.1. The number of nitrogens with zero attached hydrogens (tertiary/aromatic N) is 2. The van der Waals surface area contributed by atoms with E-state index in [2.05, 4.69) is 9.39 Å². The zero-order valence-electron chi connectivity index (χ0n) is 15.0. The van der Waals surface area contributed by atoms with Crippen molar-refractivity contribution < 1.29 is 8.42 Å². The van der Waals surface area contributed by atoms with E-state index < -0.39 is 10.0 Å². The Labute approximate surface area is 159 Å².